The third-order valence-electron chi connectivity index (χ3n) is 3.04. The van der Waals surface area contributed by atoms with E-state index in [0.29, 0.717) is 18.7 Å². The fraction of sp³-hybridized carbons (Fsp3) is 0.714. The minimum Gasteiger partial charge on any atom is -0.463 e. The molecule has 0 aromatic carbocycles. The van der Waals surface area contributed by atoms with Crippen LogP contribution in [0.25, 0.3) is 0 Å². The highest BCUT2D eigenvalue weighted by Crippen LogP contribution is 2.14. The summed E-state index contributed by atoms with van der Waals surface area (Å²) in [6.45, 7) is 5.44. The predicted octanol–water partition coefficient (Wildman–Crippen LogP) is 2.29. The number of carbonyl (C=O) groups excluding carboxylic acids is 2. The predicted molar refractivity (Wildman–Crippen MR) is 70.1 cm³/mol. The third kappa shape index (κ3) is 4.51. The molecule has 1 aliphatic heterocycles. The van der Waals surface area contributed by atoms with Gasteiger partial charge in [0.25, 0.3) is 0 Å². The van der Waals surface area contributed by atoms with Crippen LogP contribution in [0.4, 0.5) is 0 Å². The smallest absolute Gasteiger partial charge is 0.336 e. The normalized spacial score (nSPS) is 14.9. The van der Waals surface area contributed by atoms with Crippen molar-refractivity contribution in [1.82, 2.24) is 4.90 Å². The second-order valence-corrected chi connectivity index (χ2v) is 4.56. The van der Waals surface area contributed by atoms with E-state index in [9.17, 15) is 9.59 Å². The lowest BCUT2D eigenvalue weighted by atomic mass is 10.1. The maximum atomic E-state index is 11.7. The second kappa shape index (κ2) is 7.90. The van der Waals surface area contributed by atoms with Crippen molar-refractivity contribution < 1.29 is 14.3 Å². The molecule has 0 aromatic heterocycles. The van der Waals surface area contributed by atoms with Gasteiger partial charge in [0, 0.05) is 12.6 Å². The van der Waals surface area contributed by atoms with Crippen LogP contribution in [0.15, 0.2) is 11.6 Å². The number of nitrogens with zero attached hydrogens (tertiary/aromatic N) is 1. The Bertz CT molecular complexity index is 323. The summed E-state index contributed by atoms with van der Waals surface area (Å²) >= 11 is 0. The molecule has 102 valence electrons. The van der Waals surface area contributed by atoms with Gasteiger partial charge in [-0.15, -0.1) is 0 Å². The number of unbranched alkanes of at least 4 members (excludes halogenated alkanes) is 4. The topological polar surface area (TPSA) is 46.6 Å². The summed E-state index contributed by atoms with van der Waals surface area (Å²) in [6.07, 6.45) is 7.25. The van der Waals surface area contributed by atoms with E-state index in [1.165, 1.54) is 25.3 Å². The summed E-state index contributed by atoms with van der Waals surface area (Å²) in [6, 6.07) is 0. The molecule has 0 aliphatic carbocycles. The molecule has 0 unspecified atom stereocenters. The third-order valence-corrected chi connectivity index (χ3v) is 3.04. The molecule has 4 nitrogen and oxygen atoms in total. The fourth-order valence-electron chi connectivity index (χ4n) is 2.01. The van der Waals surface area contributed by atoms with Gasteiger partial charge in [-0.1, -0.05) is 32.6 Å². The zero-order chi connectivity index (χ0) is 13.4. The Kier molecular flexibility index (Phi) is 6.47. The molecule has 1 amide bonds. The number of esters is 1. The Morgan fingerprint density at radius 1 is 1.28 bits per heavy atom. The lowest BCUT2D eigenvalue weighted by Crippen LogP contribution is -2.28. The molecule has 0 N–H and O–H groups in total. The van der Waals surface area contributed by atoms with E-state index in [-0.39, 0.29) is 11.9 Å². The van der Waals surface area contributed by atoms with Crippen molar-refractivity contribution in [3.05, 3.63) is 11.6 Å². The molecule has 0 fully saturated rings. The number of amides is 1. The highest BCUT2D eigenvalue weighted by Gasteiger charge is 2.25. The molecule has 1 rings (SSSR count). The summed E-state index contributed by atoms with van der Waals surface area (Å²) < 4.78 is 4.89. The molecule has 1 heterocycles. The van der Waals surface area contributed by atoms with Gasteiger partial charge >= 0.3 is 5.97 Å². The van der Waals surface area contributed by atoms with Gasteiger partial charge in [-0.05, 0) is 13.3 Å². The van der Waals surface area contributed by atoms with Crippen molar-refractivity contribution in [3.63, 3.8) is 0 Å². The number of hydrogen-bond acceptors (Lipinski definition) is 3. The SMILES string of the molecule is CCCCCCCN1CC(C(=O)OCC)=CC1=O. The van der Waals surface area contributed by atoms with Crippen molar-refractivity contribution in [2.24, 2.45) is 0 Å². The van der Waals surface area contributed by atoms with Crippen molar-refractivity contribution in [2.75, 3.05) is 19.7 Å². The minimum absolute atomic E-state index is 0.0615. The number of ether oxygens (including phenoxy) is 1. The zero-order valence-corrected chi connectivity index (χ0v) is 11.4. The lowest BCUT2D eigenvalue weighted by Gasteiger charge is -2.16. The maximum Gasteiger partial charge on any atom is 0.336 e. The molecule has 0 atom stereocenters. The van der Waals surface area contributed by atoms with E-state index in [4.69, 9.17) is 4.74 Å². The van der Waals surface area contributed by atoms with Crippen LogP contribution >= 0.6 is 0 Å². The molecule has 1 aliphatic rings. The Balaban J connectivity index is 2.26. The first-order valence-electron chi connectivity index (χ1n) is 6.85. The Morgan fingerprint density at radius 2 is 2.00 bits per heavy atom. The highest BCUT2D eigenvalue weighted by atomic mass is 16.5. The van der Waals surface area contributed by atoms with E-state index in [1.54, 1.807) is 11.8 Å². The van der Waals surface area contributed by atoms with Crippen LogP contribution in [-0.4, -0.2) is 36.5 Å². The van der Waals surface area contributed by atoms with Gasteiger partial charge < -0.3 is 9.64 Å². The molecule has 0 spiro atoms. The largest absolute Gasteiger partial charge is 0.463 e. The number of rotatable bonds is 8. The summed E-state index contributed by atoms with van der Waals surface area (Å²) in [5, 5.41) is 0. The molecule has 0 aromatic rings. The van der Waals surface area contributed by atoms with Gasteiger partial charge in [0.15, 0.2) is 0 Å². The second-order valence-electron chi connectivity index (χ2n) is 4.56. The summed E-state index contributed by atoms with van der Waals surface area (Å²) in [5.74, 6) is -0.423. The number of hydrogen-bond donors (Lipinski definition) is 0. The van der Waals surface area contributed by atoms with E-state index < -0.39 is 0 Å². The summed E-state index contributed by atoms with van der Waals surface area (Å²) in [5.41, 5.74) is 0.482. The monoisotopic (exact) mass is 253 g/mol. The standard InChI is InChI=1S/C14H23NO3/c1-3-5-6-7-8-9-15-11-12(10-13(15)16)14(17)18-4-2/h10H,3-9,11H2,1-2H3. The van der Waals surface area contributed by atoms with Gasteiger partial charge in [-0.3, -0.25) is 4.79 Å². The van der Waals surface area contributed by atoms with E-state index in [1.807, 2.05) is 0 Å². The van der Waals surface area contributed by atoms with Crippen LogP contribution < -0.4 is 0 Å². The first-order chi connectivity index (χ1) is 8.69. The van der Waals surface area contributed by atoms with Gasteiger partial charge in [0.05, 0.1) is 18.7 Å². The molecule has 0 saturated carbocycles. The average molecular weight is 253 g/mol. The van der Waals surface area contributed by atoms with Crippen LogP contribution in [0.5, 0.6) is 0 Å². The van der Waals surface area contributed by atoms with Crippen LogP contribution in [0.2, 0.25) is 0 Å². The number of carbonyl (C=O) groups is 2. The molecule has 0 saturated heterocycles. The van der Waals surface area contributed by atoms with Crippen molar-refractivity contribution in [2.45, 2.75) is 46.0 Å². The minimum atomic E-state index is -0.362. The first kappa shape index (κ1) is 14.7. The Hall–Kier alpha value is -1.32. The average Bonchev–Trinajstić information content (AvgIpc) is 2.71. The molecule has 0 radical (unpaired) electrons. The maximum absolute atomic E-state index is 11.7. The van der Waals surface area contributed by atoms with Crippen LogP contribution in [0.1, 0.15) is 46.0 Å². The molecule has 4 heteroatoms. The van der Waals surface area contributed by atoms with Crippen LogP contribution in [0, 0.1) is 0 Å². The fourth-order valence-corrected chi connectivity index (χ4v) is 2.01. The van der Waals surface area contributed by atoms with E-state index in [2.05, 4.69) is 6.92 Å². The van der Waals surface area contributed by atoms with Gasteiger partial charge in [0.2, 0.25) is 5.91 Å². The first-order valence-corrected chi connectivity index (χ1v) is 6.85. The van der Waals surface area contributed by atoms with Gasteiger partial charge in [-0.25, -0.2) is 4.79 Å². The lowest BCUT2D eigenvalue weighted by molar-refractivity contribution is -0.138. The highest BCUT2D eigenvalue weighted by molar-refractivity contribution is 6.02. The van der Waals surface area contributed by atoms with Crippen molar-refractivity contribution >= 4 is 11.9 Å². The molecule has 0 bridgehead atoms. The van der Waals surface area contributed by atoms with Gasteiger partial charge in [0.1, 0.15) is 0 Å². The zero-order valence-electron chi connectivity index (χ0n) is 11.4. The van der Waals surface area contributed by atoms with Gasteiger partial charge in [-0.2, -0.15) is 0 Å². The Morgan fingerprint density at radius 3 is 2.67 bits per heavy atom. The Labute approximate surface area is 109 Å². The van der Waals surface area contributed by atoms with Crippen molar-refractivity contribution in [3.8, 4) is 0 Å². The van der Waals surface area contributed by atoms with E-state index in [0.717, 1.165) is 19.4 Å². The quantitative estimate of drug-likeness (QED) is 0.492. The summed E-state index contributed by atoms with van der Waals surface area (Å²) in [4.78, 5) is 24.9. The van der Waals surface area contributed by atoms with Crippen LogP contribution in [-0.2, 0) is 14.3 Å². The molecular formula is C14H23NO3. The summed E-state index contributed by atoms with van der Waals surface area (Å²) in [7, 11) is 0. The van der Waals surface area contributed by atoms with Crippen molar-refractivity contribution in [1.29, 1.82) is 0 Å². The molecule has 18 heavy (non-hydrogen) atoms. The molecular weight excluding hydrogens is 230 g/mol. The van der Waals surface area contributed by atoms with E-state index >= 15 is 0 Å². The van der Waals surface area contributed by atoms with Crippen LogP contribution in [0.3, 0.4) is 0 Å².